The third-order valence-electron chi connectivity index (χ3n) is 4.03. The van der Waals surface area contributed by atoms with Gasteiger partial charge in [0.05, 0.1) is 5.92 Å². The van der Waals surface area contributed by atoms with Gasteiger partial charge in [-0.25, -0.2) is 8.78 Å². The number of rotatable bonds is 3. The molecule has 1 heterocycles. The van der Waals surface area contributed by atoms with Gasteiger partial charge in [0.2, 0.25) is 11.8 Å². The van der Waals surface area contributed by atoms with E-state index in [-0.39, 0.29) is 24.6 Å². The van der Waals surface area contributed by atoms with E-state index in [4.69, 9.17) is 0 Å². The fourth-order valence-electron chi connectivity index (χ4n) is 2.85. The van der Waals surface area contributed by atoms with Crippen molar-refractivity contribution >= 4 is 23.2 Å². The van der Waals surface area contributed by atoms with Crippen molar-refractivity contribution in [3.63, 3.8) is 0 Å². The van der Waals surface area contributed by atoms with E-state index in [0.717, 1.165) is 29.4 Å². The van der Waals surface area contributed by atoms with Crippen molar-refractivity contribution in [3.8, 4) is 0 Å². The Hall–Kier alpha value is -2.76. The molecule has 2 aromatic rings. The van der Waals surface area contributed by atoms with Gasteiger partial charge in [-0.3, -0.25) is 9.59 Å². The summed E-state index contributed by atoms with van der Waals surface area (Å²) in [4.78, 5) is 26.1. The number of benzene rings is 2. The van der Waals surface area contributed by atoms with Crippen LogP contribution in [0.15, 0.2) is 42.5 Å². The lowest BCUT2D eigenvalue weighted by atomic mass is 10.1. The summed E-state index contributed by atoms with van der Waals surface area (Å²) in [5.41, 5.74) is 1.76. The standard InChI is InChI=1S/C18H16F2N2O2/c1-11-4-2-3-5-16(11)22-10-12(6-17(22)23)18(24)21-15-8-13(19)7-14(20)9-15/h2-5,7-9,12H,6,10H2,1H3,(H,21,24). The molecule has 1 atom stereocenters. The summed E-state index contributed by atoms with van der Waals surface area (Å²) in [6.45, 7) is 2.14. The Bertz CT molecular complexity index is 787. The molecule has 3 rings (SSSR count). The van der Waals surface area contributed by atoms with Crippen LogP contribution in [-0.4, -0.2) is 18.4 Å². The first-order valence-corrected chi connectivity index (χ1v) is 7.57. The number of halogens is 2. The number of para-hydroxylation sites is 1. The van der Waals surface area contributed by atoms with Gasteiger partial charge in [-0.2, -0.15) is 0 Å². The molecule has 24 heavy (non-hydrogen) atoms. The van der Waals surface area contributed by atoms with E-state index < -0.39 is 23.5 Å². The van der Waals surface area contributed by atoms with Crippen LogP contribution in [0, 0.1) is 24.5 Å². The van der Waals surface area contributed by atoms with Gasteiger partial charge in [0.1, 0.15) is 11.6 Å². The van der Waals surface area contributed by atoms with Crippen LogP contribution < -0.4 is 10.2 Å². The maximum Gasteiger partial charge on any atom is 0.229 e. The molecule has 0 aromatic heterocycles. The van der Waals surface area contributed by atoms with Gasteiger partial charge >= 0.3 is 0 Å². The van der Waals surface area contributed by atoms with Crippen molar-refractivity contribution in [2.24, 2.45) is 5.92 Å². The van der Waals surface area contributed by atoms with E-state index in [1.165, 1.54) is 0 Å². The molecular weight excluding hydrogens is 314 g/mol. The van der Waals surface area contributed by atoms with Crippen molar-refractivity contribution in [2.75, 3.05) is 16.8 Å². The fraction of sp³-hybridized carbons (Fsp3) is 0.222. The molecule has 0 aliphatic carbocycles. The second kappa shape index (κ2) is 6.39. The third-order valence-corrected chi connectivity index (χ3v) is 4.03. The Kier molecular flexibility index (Phi) is 4.29. The molecule has 1 aliphatic heterocycles. The van der Waals surface area contributed by atoms with Crippen LogP contribution >= 0.6 is 0 Å². The Balaban J connectivity index is 1.73. The number of aryl methyl sites for hydroxylation is 1. The number of hydrogen-bond donors (Lipinski definition) is 1. The molecule has 0 saturated carbocycles. The molecule has 6 heteroatoms. The van der Waals surface area contributed by atoms with E-state index >= 15 is 0 Å². The molecule has 2 amide bonds. The second-order valence-corrected chi connectivity index (χ2v) is 5.84. The van der Waals surface area contributed by atoms with Crippen molar-refractivity contribution in [2.45, 2.75) is 13.3 Å². The van der Waals surface area contributed by atoms with E-state index in [0.29, 0.717) is 0 Å². The maximum absolute atomic E-state index is 13.2. The minimum absolute atomic E-state index is 0.0410. The minimum atomic E-state index is -0.769. The Morgan fingerprint density at radius 1 is 1.17 bits per heavy atom. The summed E-state index contributed by atoms with van der Waals surface area (Å²) in [5, 5.41) is 2.47. The molecule has 0 bridgehead atoms. The molecule has 1 unspecified atom stereocenters. The number of nitrogens with one attached hydrogen (secondary N) is 1. The van der Waals surface area contributed by atoms with Crippen molar-refractivity contribution < 1.29 is 18.4 Å². The number of hydrogen-bond acceptors (Lipinski definition) is 2. The van der Waals surface area contributed by atoms with Gasteiger partial charge in [-0.1, -0.05) is 18.2 Å². The largest absolute Gasteiger partial charge is 0.326 e. The maximum atomic E-state index is 13.2. The summed E-state index contributed by atoms with van der Waals surface area (Å²) in [6, 6.07) is 10.2. The quantitative estimate of drug-likeness (QED) is 0.939. The summed E-state index contributed by atoms with van der Waals surface area (Å²) in [7, 11) is 0. The highest BCUT2D eigenvalue weighted by molar-refractivity contribution is 6.03. The van der Waals surface area contributed by atoms with Crippen molar-refractivity contribution in [1.29, 1.82) is 0 Å². The average molecular weight is 330 g/mol. The highest BCUT2D eigenvalue weighted by Crippen LogP contribution is 2.28. The average Bonchev–Trinajstić information content (AvgIpc) is 2.88. The molecule has 1 saturated heterocycles. The zero-order valence-corrected chi connectivity index (χ0v) is 13.1. The van der Waals surface area contributed by atoms with Crippen LogP contribution in [-0.2, 0) is 9.59 Å². The Morgan fingerprint density at radius 2 is 1.83 bits per heavy atom. The van der Waals surface area contributed by atoms with E-state index in [1.807, 2.05) is 31.2 Å². The summed E-state index contributed by atoms with van der Waals surface area (Å²) < 4.78 is 26.4. The minimum Gasteiger partial charge on any atom is -0.326 e. The fourth-order valence-corrected chi connectivity index (χ4v) is 2.85. The van der Waals surface area contributed by atoms with Crippen LogP contribution in [0.4, 0.5) is 20.2 Å². The van der Waals surface area contributed by atoms with E-state index in [2.05, 4.69) is 5.32 Å². The predicted octanol–water partition coefficient (Wildman–Crippen LogP) is 3.26. The molecule has 1 N–H and O–H groups in total. The number of carbonyl (C=O) groups is 2. The lowest BCUT2D eigenvalue weighted by molar-refractivity contribution is -0.122. The summed E-state index contributed by atoms with van der Waals surface area (Å²) in [5.74, 6) is -2.67. The molecule has 2 aromatic carbocycles. The van der Waals surface area contributed by atoms with Gasteiger partial charge < -0.3 is 10.2 Å². The van der Waals surface area contributed by atoms with Crippen LogP contribution in [0.5, 0.6) is 0 Å². The first-order chi connectivity index (χ1) is 11.4. The smallest absolute Gasteiger partial charge is 0.229 e. The topological polar surface area (TPSA) is 49.4 Å². The molecule has 1 fully saturated rings. The predicted molar refractivity (Wildman–Crippen MR) is 86.6 cm³/mol. The highest BCUT2D eigenvalue weighted by atomic mass is 19.1. The molecule has 124 valence electrons. The second-order valence-electron chi connectivity index (χ2n) is 5.84. The monoisotopic (exact) mass is 330 g/mol. The van der Waals surface area contributed by atoms with Crippen LogP contribution in [0.3, 0.4) is 0 Å². The van der Waals surface area contributed by atoms with Gasteiger partial charge in [-0.15, -0.1) is 0 Å². The SMILES string of the molecule is Cc1ccccc1N1CC(C(=O)Nc2cc(F)cc(F)c2)CC1=O. The van der Waals surface area contributed by atoms with Crippen molar-refractivity contribution in [1.82, 2.24) is 0 Å². The Morgan fingerprint density at radius 3 is 2.50 bits per heavy atom. The zero-order chi connectivity index (χ0) is 17.3. The van der Waals surface area contributed by atoms with Gasteiger partial charge in [0, 0.05) is 30.4 Å². The number of carbonyl (C=O) groups excluding carboxylic acids is 2. The number of amides is 2. The number of nitrogens with zero attached hydrogens (tertiary/aromatic N) is 1. The van der Waals surface area contributed by atoms with Crippen molar-refractivity contribution in [3.05, 3.63) is 59.7 Å². The summed E-state index contributed by atoms with van der Waals surface area (Å²) >= 11 is 0. The van der Waals surface area contributed by atoms with Crippen LogP contribution in [0.1, 0.15) is 12.0 Å². The molecule has 4 nitrogen and oxygen atoms in total. The first kappa shape index (κ1) is 16.1. The third kappa shape index (κ3) is 3.27. The number of anilines is 2. The van der Waals surface area contributed by atoms with Gasteiger partial charge in [-0.05, 0) is 30.7 Å². The normalized spacial score (nSPS) is 17.2. The van der Waals surface area contributed by atoms with E-state index in [9.17, 15) is 18.4 Å². The Labute approximate surface area is 138 Å². The van der Waals surface area contributed by atoms with Crippen LogP contribution in [0.2, 0.25) is 0 Å². The van der Waals surface area contributed by atoms with Gasteiger partial charge in [0.15, 0.2) is 0 Å². The first-order valence-electron chi connectivity index (χ1n) is 7.57. The lowest BCUT2D eigenvalue weighted by Crippen LogP contribution is -2.28. The van der Waals surface area contributed by atoms with Gasteiger partial charge in [0.25, 0.3) is 0 Å². The highest BCUT2D eigenvalue weighted by Gasteiger charge is 2.35. The van der Waals surface area contributed by atoms with Crippen LogP contribution in [0.25, 0.3) is 0 Å². The molecule has 1 aliphatic rings. The lowest BCUT2D eigenvalue weighted by Gasteiger charge is -2.19. The van der Waals surface area contributed by atoms with E-state index in [1.54, 1.807) is 4.90 Å². The summed E-state index contributed by atoms with van der Waals surface area (Å²) in [6.07, 6.45) is 0.0674. The zero-order valence-electron chi connectivity index (χ0n) is 13.1. The molecule has 0 radical (unpaired) electrons. The molecular formula is C18H16F2N2O2. The molecule has 0 spiro atoms.